The molecule has 0 N–H and O–H groups in total. The molecule has 2 aromatic carbocycles. The Balaban J connectivity index is 1.70. The van der Waals surface area contributed by atoms with Crippen LogP contribution < -0.4 is 9.47 Å². The molecule has 3 rings (SSSR count). The van der Waals surface area contributed by atoms with Crippen molar-refractivity contribution in [2.75, 3.05) is 20.8 Å². The zero-order valence-corrected chi connectivity index (χ0v) is 14.4. The van der Waals surface area contributed by atoms with Gasteiger partial charge in [-0.3, -0.25) is 4.79 Å². The number of nitrogens with zero attached hydrogens (tertiary/aromatic N) is 1. The quantitative estimate of drug-likeness (QED) is 0.864. The van der Waals surface area contributed by atoms with Crippen molar-refractivity contribution in [1.29, 1.82) is 0 Å². The van der Waals surface area contributed by atoms with Crippen molar-refractivity contribution in [3.63, 3.8) is 0 Å². The first-order chi connectivity index (χ1) is 11.6. The highest BCUT2D eigenvalue weighted by molar-refractivity contribution is 5.80. The van der Waals surface area contributed by atoms with E-state index in [0.717, 1.165) is 29.0 Å². The highest BCUT2D eigenvalue weighted by atomic mass is 16.5. The van der Waals surface area contributed by atoms with Crippen molar-refractivity contribution in [2.45, 2.75) is 19.4 Å². The van der Waals surface area contributed by atoms with E-state index in [9.17, 15) is 4.79 Å². The van der Waals surface area contributed by atoms with Gasteiger partial charge in [-0.1, -0.05) is 30.3 Å². The number of fused-ring (bicyclic) bond motifs is 1. The Morgan fingerprint density at radius 3 is 2.62 bits per heavy atom. The Kier molecular flexibility index (Phi) is 4.74. The Labute approximate surface area is 143 Å². The maximum atomic E-state index is 12.9. The molecule has 1 aliphatic rings. The van der Waals surface area contributed by atoms with Gasteiger partial charge in [0.15, 0.2) is 0 Å². The van der Waals surface area contributed by atoms with Gasteiger partial charge in [-0.25, -0.2) is 0 Å². The highest BCUT2D eigenvalue weighted by Crippen LogP contribution is 2.29. The number of ether oxygens (including phenoxy) is 2. The van der Waals surface area contributed by atoms with Crippen LogP contribution >= 0.6 is 0 Å². The van der Waals surface area contributed by atoms with Gasteiger partial charge in [0.25, 0.3) is 0 Å². The molecular formula is C20H23NO3. The van der Waals surface area contributed by atoms with Crippen LogP contribution in [0.5, 0.6) is 11.5 Å². The van der Waals surface area contributed by atoms with E-state index in [1.807, 2.05) is 67.4 Å². The fraction of sp³-hybridized carbons (Fsp3) is 0.350. The van der Waals surface area contributed by atoms with Gasteiger partial charge in [0, 0.05) is 7.05 Å². The third-order valence-electron chi connectivity index (χ3n) is 4.75. The molecule has 0 saturated heterocycles. The number of amides is 1. The lowest BCUT2D eigenvalue weighted by Crippen LogP contribution is -2.39. The fourth-order valence-electron chi connectivity index (χ4n) is 3.07. The molecule has 0 spiro atoms. The summed E-state index contributed by atoms with van der Waals surface area (Å²) in [6, 6.07) is 15.8. The van der Waals surface area contributed by atoms with Crippen LogP contribution in [0.2, 0.25) is 0 Å². The minimum atomic E-state index is -0.134. The number of benzene rings is 2. The normalized spacial score (nSPS) is 17.4. The molecule has 0 radical (unpaired) electrons. The van der Waals surface area contributed by atoms with Crippen LogP contribution in [-0.2, 0) is 11.2 Å². The summed E-state index contributed by atoms with van der Waals surface area (Å²) in [6.45, 7) is 2.48. The highest BCUT2D eigenvalue weighted by Gasteiger charge is 2.30. The minimum absolute atomic E-state index is 0.000534. The lowest BCUT2D eigenvalue weighted by molar-refractivity contribution is -0.137. The summed E-state index contributed by atoms with van der Waals surface area (Å²) in [5, 5.41) is 0. The molecule has 2 atom stereocenters. The topological polar surface area (TPSA) is 38.8 Å². The number of para-hydroxylation sites is 1. The van der Waals surface area contributed by atoms with Crippen molar-refractivity contribution >= 4 is 5.91 Å². The van der Waals surface area contributed by atoms with Gasteiger partial charge in [-0.05, 0) is 42.7 Å². The minimum Gasteiger partial charge on any atom is -0.497 e. The average Bonchev–Trinajstić information content (AvgIpc) is 2.66. The lowest BCUT2D eigenvalue weighted by atomic mass is 9.94. The molecule has 4 nitrogen and oxygen atoms in total. The summed E-state index contributed by atoms with van der Waals surface area (Å²) >= 11 is 0. The van der Waals surface area contributed by atoms with Crippen LogP contribution in [0.1, 0.15) is 24.1 Å². The smallest absolute Gasteiger partial charge is 0.229 e. The molecule has 0 aromatic heterocycles. The maximum absolute atomic E-state index is 12.9. The van der Waals surface area contributed by atoms with Crippen LogP contribution in [0.4, 0.5) is 0 Å². The molecule has 0 bridgehead atoms. The third-order valence-corrected chi connectivity index (χ3v) is 4.75. The van der Waals surface area contributed by atoms with Crippen LogP contribution in [0.25, 0.3) is 0 Å². The van der Waals surface area contributed by atoms with Crippen molar-refractivity contribution in [2.24, 2.45) is 5.92 Å². The first-order valence-corrected chi connectivity index (χ1v) is 8.21. The van der Waals surface area contributed by atoms with Gasteiger partial charge in [-0.15, -0.1) is 0 Å². The molecule has 0 fully saturated rings. The molecular weight excluding hydrogens is 302 g/mol. The molecule has 2 unspecified atom stereocenters. The van der Waals surface area contributed by atoms with Gasteiger partial charge in [-0.2, -0.15) is 0 Å². The number of rotatable bonds is 4. The van der Waals surface area contributed by atoms with E-state index in [4.69, 9.17) is 9.47 Å². The Hall–Kier alpha value is -2.49. The SMILES string of the molecule is COc1ccc(C(C)N(C)C(=O)C2COc3ccccc3C2)cc1. The second-order valence-corrected chi connectivity index (χ2v) is 6.22. The summed E-state index contributed by atoms with van der Waals surface area (Å²) in [5.74, 6) is 1.70. The van der Waals surface area contributed by atoms with Crippen molar-refractivity contribution in [1.82, 2.24) is 4.90 Å². The number of hydrogen-bond acceptors (Lipinski definition) is 3. The van der Waals surface area contributed by atoms with Gasteiger partial charge in [0.1, 0.15) is 18.1 Å². The first-order valence-electron chi connectivity index (χ1n) is 8.21. The Bertz CT molecular complexity index is 711. The monoisotopic (exact) mass is 325 g/mol. The zero-order chi connectivity index (χ0) is 17.1. The van der Waals surface area contributed by atoms with E-state index >= 15 is 0 Å². The number of methoxy groups -OCH3 is 1. The molecule has 1 amide bonds. The predicted molar refractivity (Wildman–Crippen MR) is 93.3 cm³/mol. The summed E-state index contributed by atoms with van der Waals surface area (Å²) in [4.78, 5) is 14.7. The zero-order valence-electron chi connectivity index (χ0n) is 14.4. The number of hydrogen-bond donors (Lipinski definition) is 0. The molecule has 4 heteroatoms. The van der Waals surface area contributed by atoms with Gasteiger partial charge in [0.2, 0.25) is 5.91 Å². The van der Waals surface area contributed by atoms with E-state index in [0.29, 0.717) is 6.61 Å². The number of carbonyl (C=O) groups is 1. The average molecular weight is 325 g/mol. The van der Waals surface area contributed by atoms with Crippen molar-refractivity contribution < 1.29 is 14.3 Å². The van der Waals surface area contributed by atoms with Gasteiger partial charge in [0.05, 0.1) is 19.1 Å². The summed E-state index contributed by atoms with van der Waals surface area (Å²) < 4.78 is 10.9. The van der Waals surface area contributed by atoms with Crippen molar-refractivity contribution in [3.05, 3.63) is 59.7 Å². The van der Waals surface area contributed by atoms with Crippen LogP contribution in [-0.4, -0.2) is 31.6 Å². The predicted octanol–water partition coefficient (Wildman–Crippen LogP) is 3.47. The van der Waals surface area contributed by atoms with Crippen LogP contribution in [0.15, 0.2) is 48.5 Å². The van der Waals surface area contributed by atoms with E-state index in [1.165, 1.54) is 0 Å². The lowest BCUT2D eigenvalue weighted by Gasteiger charge is -2.31. The first kappa shape index (κ1) is 16.4. The van der Waals surface area contributed by atoms with E-state index in [2.05, 4.69) is 0 Å². The van der Waals surface area contributed by atoms with Crippen LogP contribution in [0, 0.1) is 5.92 Å². The second-order valence-electron chi connectivity index (χ2n) is 6.22. The molecule has 0 saturated carbocycles. The largest absolute Gasteiger partial charge is 0.497 e. The standard InChI is InChI=1S/C20H23NO3/c1-14(15-8-10-18(23-3)11-9-15)21(2)20(22)17-12-16-6-4-5-7-19(16)24-13-17/h4-11,14,17H,12-13H2,1-3H3. The molecule has 2 aromatic rings. The Morgan fingerprint density at radius 2 is 1.92 bits per heavy atom. The van der Waals surface area contributed by atoms with Crippen molar-refractivity contribution in [3.8, 4) is 11.5 Å². The fourth-order valence-corrected chi connectivity index (χ4v) is 3.07. The molecule has 1 aliphatic heterocycles. The maximum Gasteiger partial charge on any atom is 0.229 e. The molecule has 0 aliphatic carbocycles. The molecule has 1 heterocycles. The van der Waals surface area contributed by atoms with Gasteiger partial charge < -0.3 is 14.4 Å². The summed E-state index contributed by atoms with van der Waals surface area (Å²) in [5.41, 5.74) is 2.19. The number of carbonyl (C=O) groups excluding carboxylic acids is 1. The summed E-state index contributed by atoms with van der Waals surface area (Å²) in [7, 11) is 3.51. The Morgan fingerprint density at radius 1 is 1.21 bits per heavy atom. The van der Waals surface area contributed by atoms with Crippen LogP contribution in [0.3, 0.4) is 0 Å². The van der Waals surface area contributed by atoms with Gasteiger partial charge >= 0.3 is 0 Å². The van der Waals surface area contributed by atoms with E-state index in [1.54, 1.807) is 7.11 Å². The van der Waals surface area contributed by atoms with E-state index < -0.39 is 0 Å². The second kappa shape index (κ2) is 6.95. The summed E-state index contributed by atoms with van der Waals surface area (Å²) in [6.07, 6.45) is 0.731. The molecule has 126 valence electrons. The third kappa shape index (κ3) is 3.23. The molecule has 24 heavy (non-hydrogen) atoms. The van der Waals surface area contributed by atoms with E-state index in [-0.39, 0.29) is 17.9 Å².